The van der Waals surface area contributed by atoms with Crippen LogP contribution in [0.15, 0.2) is 24.4 Å². The highest BCUT2D eigenvalue weighted by atomic mass is 19.4. The molecule has 0 radical (unpaired) electrons. The fourth-order valence-corrected chi connectivity index (χ4v) is 4.61. The monoisotopic (exact) mass is 532 g/mol. The second-order valence-electron chi connectivity index (χ2n) is 9.11. The van der Waals surface area contributed by atoms with E-state index < -0.39 is 12.5 Å². The molecule has 11 nitrogen and oxygen atoms in total. The van der Waals surface area contributed by atoms with Gasteiger partial charge in [-0.1, -0.05) is 0 Å². The van der Waals surface area contributed by atoms with Crippen LogP contribution in [-0.2, 0) is 19.9 Å². The molecule has 1 amide bonds. The minimum Gasteiger partial charge on any atom is -0.404 e. The van der Waals surface area contributed by atoms with Crippen molar-refractivity contribution in [1.82, 2.24) is 30.0 Å². The number of benzene rings is 1. The van der Waals surface area contributed by atoms with E-state index in [0.29, 0.717) is 29.8 Å². The van der Waals surface area contributed by atoms with Gasteiger partial charge in [0.2, 0.25) is 11.8 Å². The molecular weight excluding hydrogens is 505 g/mol. The molecule has 1 fully saturated rings. The first-order chi connectivity index (χ1) is 18.1. The van der Waals surface area contributed by atoms with Crippen LogP contribution in [0.2, 0.25) is 0 Å². The van der Waals surface area contributed by atoms with E-state index in [-0.39, 0.29) is 23.3 Å². The van der Waals surface area contributed by atoms with E-state index in [1.165, 1.54) is 13.1 Å². The Labute approximate surface area is 216 Å². The van der Waals surface area contributed by atoms with Gasteiger partial charge in [-0.05, 0) is 43.7 Å². The van der Waals surface area contributed by atoms with Crippen molar-refractivity contribution in [3.63, 3.8) is 0 Å². The lowest BCUT2D eigenvalue weighted by Gasteiger charge is -2.34. The van der Waals surface area contributed by atoms with Crippen LogP contribution < -0.4 is 25.0 Å². The number of likely N-dealkylation sites (N-methyl/N-ethyl adjacent to an activating group) is 1. The Balaban J connectivity index is 1.48. The van der Waals surface area contributed by atoms with Crippen molar-refractivity contribution < 1.29 is 27.4 Å². The van der Waals surface area contributed by atoms with Crippen LogP contribution in [0, 0.1) is 0 Å². The van der Waals surface area contributed by atoms with E-state index in [1.807, 2.05) is 7.05 Å². The molecule has 5 rings (SSSR count). The molecule has 0 spiro atoms. The third kappa shape index (κ3) is 5.30. The molecule has 1 aliphatic heterocycles. The highest BCUT2D eigenvalue weighted by Crippen LogP contribution is 2.39. The van der Waals surface area contributed by atoms with Gasteiger partial charge < -0.3 is 29.9 Å². The second kappa shape index (κ2) is 10.0. The molecule has 2 aliphatic rings. The Bertz CT molecular complexity index is 1350. The van der Waals surface area contributed by atoms with Gasteiger partial charge in [-0.3, -0.25) is 4.68 Å². The summed E-state index contributed by atoms with van der Waals surface area (Å²) >= 11 is 0. The van der Waals surface area contributed by atoms with Crippen LogP contribution in [0.5, 0.6) is 11.6 Å². The normalized spacial score (nSPS) is 15.5. The van der Waals surface area contributed by atoms with E-state index in [0.717, 1.165) is 37.4 Å². The molecule has 1 aliphatic carbocycles. The Kier molecular flexibility index (Phi) is 6.73. The summed E-state index contributed by atoms with van der Waals surface area (Å²) in [5.41, 5.74) is 3.61. The summed E-state index contributed by atoms with van der Waals surface area (Å²) in [6.45, 7) is 3.18. The van der Waals surface area contributed by atoms with Crippen LogP contribution in [0.1, 0.15) is 11.1 Å². The molecule has 0 atom stereocenters. The fourth-order valence-electron chi connectivity index (χ4n) is 4.61. The van der Waals surface area contributed by atoms with Crippen LogP contribution in [0.3, 0.4) is 0 Å². The Morgan fingerprint density at radius 3 is 2.58 bits per heavy atom. The molecule has 3 aromatic rings. The predicted molar refractivity (Wildman–Crippen MR) is 133 cm³/mol. The molecule has 38 heavy (non-hydrogen) atoms. The van der Waals surface area contributed by atoms with Crippen LogP contribution >= 0.6 is 0 Å². The lowest BCUT2D eigenvalue weighted by atomic mass is 9.95. The number of halogens is 3. The topological polar surface area (TPSA) is 110 Å². The second-order valence-corrected chi connectivity index (χ2v) is 9.11. The van der Waals surface area contributed by atoms with Crippen molar-refractivity contribution in [3.8, 4) is 23.0 Å². The third-order valence-corrected chi connectivity index (χ3v) is 6.54. The zero-order valence-corrected chi connectivity index (χ0v) is 21.1. The highest BCUT2D eigenvalue weighted by molar-refractivity contribution is 5.75. The average molecular weight is 533 g/mol. The third-order valence-electron chi connectivity index (χ3n) is 6.54. The number of ether oxygens (including phenoxy) is 2. The molecule has 0 saturated carbocycles. The van der Waals surface area contributed by atoms with E-state index in [4.69, 9.17) is 4.74 Å². The molecule has 0 unspecified atom stereocenters. The van der Waals surface area contributed by atoms with E-state index >= 15 is 0 Å². The molecule has 0 bridgehead atoms. The van der Waals surface area contributed by atoms with Crippen molar-refractivity contribution >= 4 is 23.4 Å². The van der Waals surface area contributed by atoms with Gasteiger partial charge in [0.15, 0.2) is 5.75 Å². The number of anilines is 3. The number of nitrogens with one attached hydrogen (secondary N) is 2. The molecule has 1 aromatic carbocycles. The van der Waals surface area contributed by atoms with Gasteiger partial charge in [-0.2, -0.15) is 0 Å². The van der Waals surface area contributed by atoms with Gasteiger partial charge in [-0.15, -0.1) is 18.3 Å². The van der Waals surface area contributed by atoms with Gasteiger partial charge in [0.1, 0.15) is 0 Å². The summed E-state index contributed by atoms with van der Waals surface area (Å²) in [7, 11) is 5.18. The number of hydrogen-bond donors (Lipinski definition) is 2. The minimum absolute atomic E-state index is 0.0865. The number of amides is 1. The number of piperazine rings is 1. The van der Waals surface area contributed by atoms with Gasteiger partial charge in [0, 0.05) is 57.7 Å². The number of hydrogen-bond acceptors (Lipinski definition) is 9. The van der Waals surface area contributed by atoms with Crippen LogP contribution in [-0.4, -0.2) is 77.4 Å². The smallest absolute Gasteiger partial charge is 0.404 e. The number of aryl methyl sites for hydroxylation is 2. The van der Waals surface area contributed by atoms with Gasteiger partial charge in [0.05, 0.1) is 17.1 Å². The number of nitrogens with zero attached hydrogens (tertiary/aromatic N) is 6. The van der Waals surface area contributed by atoms with Gasteiger partial charge in [0.25, 0.3) is 0 Å². The van der Waals surface area contributed by atoms with E-state index in [9.17, 15) is 18.0 Å². The van der Waals surface area contributed by atoms with Crippen molar-refractivity contribution in [2.45, 2.75) is 19.2 Å². The van der Waals surface area contributed by atoms with Crippen LogP contribution in [0.25, 0.3) is 11.4 Å². The number of rotatable bonds is 5. The van der Waals surface area contributed by atoms with Gasteiger partial charge >= 0.3 is 12.5 Å². The van der Waals surface area contributed by atoms with Crippen molar-refractivity contribution in [2.75, 3.05) is 50.5 Å². The predicted octanol–water partition coefficient (Wildman–Crippen LogP) is 3.09. The summed E-state index contributed by atoms with van der Waals surface area (Å²) in [5, 5.41) is 9.63. The van der Waals surface area contributed by atoms with E-state index in [2.05, 4.69) is 40.2 Å². The maximum absolute atomic E-state index is 13.2. The first-order valence-corrected chi connectivity index (χ1v) is 12.0. The van der Waals surface area contributed by atoms with Gasteiger partial charge in [-0.25, -0.2) is 14.8 Å². The number of carbonyl (C=O) groups excluding carboxylic acids is 1. The summed E-state index contributed by atoms with van der Waals surface area (Å²) in [6.07, 6.45) is -2.73. The maximum Gasteiger partial charge on any atom is 0.573 e. The molecular formula is C24H27F3N8O3. The average Bonchev–Trinajstić information content (AvgIpc) is 3.20. The zero-order valence-electron chi connectivity index (χ0n) is 21.1. The minimum atomic E-state index is -4.87. The molecule has 1 saturated heterocycles. The summed E-state index contributed by atoms with van der Waals surface area (Å²) in [5.74, 6) is -0.116. The van der Waals surface area contributed by atoms with Crippen LogP contribution in [0.4, 0.5) is 35.3 Å². The number of carbonyl (C=O) groups is 1. The fraction of sp³-hybridized carbons (Fsp3) is 0.417. The van der Waals surface area contributed by atoms with Crippen molar-refractivity contribution in [3.05, 3.63) is 35.5 Å². The van der Waals surface area contributed by atoms with Crippen molar-refractivity contribution in [2.24, 2.45) is 7.05 Å². The summed E-state index contributed by atoms with van der Waals surface area (Å²) in [4.78, 5) is 25.0. The lowest BCUT2D eigenvalue weighted by molar-refractivity contribution is -0.274. The Morgan fingerprint density at radius 1 is 1.11 bits per heavy atom. The standard InChI is InChI=1S/C24H27F3N8O3/c1-28-23(36)37-21-16-6-4-14-13-29-22(31-19(14)20(16)34(3)32-21)30-17-12-15(35-10-8-33(2)9-11-35)5-7-18(17)38-24(25,26)27/h5,7,12-13H,4,6,8-11H2,1-3H3,(H,28,36)(H,29,30,31). The first kappa shape index (κ1) is 25.6. The Hall–Kier alpha value is -4.07. The molecule has 2 N–H and O–H groups in total. The first-order valence-electron chi connectivity index (χ1n) is 12.0. The molecule has 14 heteroatoms. The quantitative estimate of drug-likeness (QED) is 0.512. The zero-order chi connectivity index (χ0) is 27.0. The summed E-state index contributed by atoms with van der Waals surface area (Å²) in [6, 6.07) is 4.52. The van der Waals surface area contributed by atoms with E-state index in [1.54, 1.807) is 30.1 Å². The largest absolute Gasteiger partial charge is 0.573 e. The maximum atomic E-state index is 13.2. The Morgan fingerprint density at radius 2 is 1.87 bits per heavy atom. The SMILES string of the molecule is CNC(=O)Oc1nn(C)c2c1CCc1cnc(Nc3cc(N4CCN(C)CC4)ccc3OC(F)(F)F)nc1-2. The highest BCUT2D eigenvalue weighted by Gasteiger charge is 2.33. The number of aromatic nitrogens is 4. The number of alkyl halides is 3. The molecule has 2 aromatic heterocycles. The summed E-state index contributed by atoms with van der Waals surface area (Å²) < 4.78 is 50.6. The number of fused-ring (bicyclic) bond motifs is 3. The lowest BCUT2D eigenvalue weighted by Crippen LogP contribution is -2.44. The molecule has 202 valence electrons. The molecule has 3 heterocycles. The van der Waals surface area contributed by atoms with Crippen molar-refractivity contribution in [1.29, 1.82) is 0 Å².